The van der Waals surface area contributed by atoms with Crippen molar-refractivity contribution in [1.29, 1.82) is 0 Å². The molecule has 2 saturated heterocycles. The molecule has 3 amide bonds. The third kappa shape index (κ3) is 6.50. The van der Waals surface area contributed by atoms with Crippen LogP contribution in [0.25, 0.3) is 10.4 Å². The van der Waals surface area contributed by atoms with Crippen LogP contribution in [-0.4, -0.2) is 75.9 Å². The number of nitrogens with one attached hydrogen (secondary N) is 1. The molecule has 4 N–H and O–H groups in total. The molecule has 39 heavy (non-hydrogen) atoms. The molecule has 2 unspecified atom stereocenters. The number of thiazole rings is 1. The lowest BCUT2D eigenvalue weighted by Gasteiger charge is -2.46. The second-order valence-corrected chi connectivity index (χ2v) is 12.9. The van der Waals surface area contributed by atoms with E-state index in [1.165, 1.54) is 0 Å². The van der Waals surface area contributed by atoms with Crippen molar-refractivity contribution in [3.63, 3.8) is 0 Å². The highest BCUT2D eigenvalue weighted by molar-refractivity contribution is 7.13. The van der Waals surface area contributed by atoms with Crippen molar-refractivity contribution >= 4 is 29.1 Å². The predicted octanol–water partition coefficient (Wildman–Crippen LogP) is 2.55. The van der Waals surface area contributed by atoms with Crippen LogP contribution in [0.5, 0.6) is 0 Å². The number of piperidine rings is 1. The van der Waals surface area contributed by atoms with E-state index in [-0.39, 0.29) is 42.6 Å². The van der Waals surface area contributed by atoms with Crippen molar-refractivity contribution in [3.05, 3.63) is 41.0 Å². The van der Waals surface area contributed by atoms with E-state index in [1.54, 1.807) is 16.2 Å². The topological polar surface area (TPSA) is 129 Å². The van der Waals surface area contributed by atoms with Crippen LogP contribution in [0.3, 0.4) is 0 Å². The number of aliphatic hydroxyl groups is 1. The maximum Gasteiger partial charge on any atom is 0.243 e. The Morgan fingerprint density at radius 2 is 1.90 bits per heavy atom. The van der Waals surface area contributed by atoms with Gasteiger partial charge in [-0.3, -0.25) is 14.4 Å². The smallest absolute Gasteiger partial charge is 0.243 e. The molecule has 9 nitrogen and oxygen atoms in total. The molecule has 1 aromatic heterocycles. The number of hydrogen-bond donors (Lipinski definition) is 3. The minimum absolute atomic E-state index is 0.113. The fraction of sp³-hybridized carbons (Fsp3) is 0.586. The van der Waals surface area contributed by atoms with Crippen molar-refractivity contribution in [2.24, 2.45) is 23.0 Å². The van der Waals surface area contributed by atoms with Crippen LogP contribution >= 0.6 is 11.3 Å². The van der Waals surface area contributed by atoms with Gasteiger partial charge in [-0.05, 0) is 49.9 Å². The number of amides is 3. The lowest BCUT2D eigenvalue weighted by atomic mass is 9.71. The molecule has 0 spiro atoms. The highest BCUT2D eigenvalue weighted by atomic mass is 32.1. The SMILES string of the molecule is Cc1ncsc1-c1ccc(CNC(=O)[C@@H]2C[C@@H](O)CN2C(=O)[C@H](C2CC(C(N)=O)CCN2C)C(C)(C)C)cc1. The van der Waals surface area contributed by atoms with Crippen LogP contribution in [0.1, 0.15) is 51.3 Å². The van der Waals surface area contributed by atoms with Gasteiger partial charge in [-0.25, -0.2) is 4.98 Å². The minimum Gasteiger partial charge on any atom is -0.391 e. The molecule has 2 fully saturated rings. The molecule has 0 bridgehead atoms. The number of benzene rings is 1. The number of hydrogen-bond acceptors (Lipinski definition) is 7. The van der Waals surface area contributed by atoms with Crippen molar-refractivity contribution in [3.8, 4) is 10.4 Å². The Hall–Kier alpha value is -2.82. The summed E-state index contributed by atoms with van der Waals surface area (Å²) in [5, 5.41) is 13.5. The summed E-state index contributed by atoms with van der Waals surface area (Å²) in [5.41, 5.74) is 10.1. The molecule has 0 saturated carbocycles. The number of primary amides is 1. The molecule has 2 aromatic rings. The van der Waals surface area contributed by atoms with Gasteiger partial charge in [-0.15, -0.1) is 11.3 Å². The van der Waals surface area contributed by atoms with Crippen molar-refractivity contribution in [2.75, 3.05) is 20.1 Å². The molecule has 10 heteroatoms. The molecular formula is C29H41N5O4S. The summed E-state index contributed by atoms with van der Waals surface area (Å²) in [6.07, 6.45) is 0.604. The van der Waals surface area contributed by atoms with Gasteiger partial charge in [0.25, 0.3) is 0 Å². The average Bonchev–Trinajstić information content (AvgIpc) is 3.48. The summed E-state index contributed by atoms with van der Waals surface area (Å²) in [4.78, 5) is 48.6. The summed E-state index contributed by atoms with van der Waals surface area (Å²) >= 11 is 1.59. The predicted molar refractivity (Wildman–Crippen MR) is 152 cm³/mol. The molecule has 2 aliphatic rings. The zero-order valence-corrected chi connectivity index (χ0v) is 24.3. The first kappa shape index (κ1) is 29.2. The monoisotopic (exact) mass is 555 g/mol. The number of carbonyl (C=O) groups excluding carboxylic acids is 3. The second kappa shape index (κ2) is 11.7. The number of rotatable bonds is 7. The van der Waals surface area contributed by atoms with Crippen LogP contribution in [0.15, 0.2) is 29.8 Å². The fourth-order valence-corrected chi connectivity index (χ4v) is 6.83. The number of carbonyl (C=O) groups is 3. The van der Waals surface area contributed by atoms with E-state index < -0.39 is 23.5 Å². The highest BCUT2D eigenvalue weighted by Crippen LogP contribution is 2.39. The Morgan fingerprint density at radius 3 is 2.49 bits per heavy atom. The molecule has 1 aromatic carbocycles. The van der Waals surface area contributed by atoms with E-state index in [4.69, 9.17) is 5.73 Å². The van der Waals surface area contributed by atoms with Crippen LogP contribution in [0.4, 0.5) is 0 Å². The molecule has 4 rings (SSSR count). The van der Waals surface area contributed by atoms with Crippen molar-refractivity contribution in [1.82, 2.24) is 20.1 Å². The fourth-order valence-electron chi connectivity index (χ4n) is 6.02. The van der Waals surface area contributed by atoms with Gasteiger partial charge in [0.15, 0.2) is 0 Å². The van der Waals surface area contributed by atoms with Gasteiger partial charge in [0, 0.05) is 31.5 Å². The largest absolute Gasteiger partial charge is 0.391 e. The van der Waals surface area contributed by atoms with Crippen LogP contribution in [0, 0.1) is 24.2 Å². The second-order valence-electron chi connectivity index (χ2n) is 12.1. The van der Waals surface area contributed by atoms with Crippen molar-refractivity contribution in [2.45, 2.75) is 71.7 Å². The number of likely N-dealkylation sites (tertiary alicyclic amines) is 2. The zero-order chi connectivity index (χ0) is 28.5. The average molecular weight is 556 g/mol. The molecule has 3 heterocycles. The number of aromatic nitrogens is 1. The Labute approximate surface area is 234 Å². The Balaban J connectivity index is 1.47. The Kier molecular flexibility index (Phi) is 8.78. The van der Waals surface area contributed by atoms with Gasteiger partial charge in [-0.2, -0.15) is 0 Å². The third-order valence-electron chi connectivity index (χ3n) is 8.20. The molecule has 0 aliphatic carbocycles. The van der Waals surface area contributed by atoms with E-state index in [9.17, 15) is 19.5 Å². The lowest BCUT2D eigenvalue weighted by molar-refractivity contribution is -0.149. The van der Waals surface area contributed by atoms with Crippen LogP contribution in [0.2, 0.25) is 0 Å². The standard InChI is InChI=1S/C29H41N5O4S/c1-17-25(39-16-32-17)19-8-6-18(7-9-19)14-31-27(37)23-13-21(35)15-34(23)28(38)24(29(2,3)4)22-12-20(26(30)36)10-11-33(22)5/h6-9,16,20-24,35H,10-15H2,1-5H3,(H2,30,36)(H,31,37)/t20?,21-,22?,23+,24+/m1/s1. The zero-order valence-electron chi connectivity index (χ0n) is 23.5. The maximum absolute atomic E-state index is 14.1. The van der Waals surface area contributed by atoms with Gasteiger partial charge in [0.05, 0.1) is 28.1 Å². The highest BCUT2D eigenvalue weighted by Gasteiger charge is 2.48. The number of nitrogens with zero attached hydrogens (tertiary/aromatic N) is 3. The summed E-state index contributed by atoms with van der Waals surface area (Å²) in [5.74, 6) is -1.52. The van der Waals surface area contributed by atoms with E-state index >= 15 is 0 Å². The third-order valence-corrected chi connectivity index (χ3v) is 9.18. The molecular weight excluding hydrogens is 514 g/mol. The van der Waals surface area contributed by atoms with Gasteiger partial charge in [0.2, 0.25) is 17.7 Å². The lowest BCUT2D eigenvalue weighted by Crippen LogP contribution is -2.57. The molecule has 212 valence electrons. The van der Waals surface area contributed by atoms with Crippen LogP contribution in [-0.2, 0) is 20.9 Å². The van der Waals surface area contributed by atoms with E-state index in [2.05, 4.69) is 15.2 Å². The normalized spacial score (nSPS) is 24.9. The molecule has 0 radical (unpaired) electrons. The minimum atomic E-state index is -0.769. The van der Waals surface area contributed by atoms with E-state index in [0.717, 1.165) is 21.7 Å². The maximum atomic E-state index is 14.1. The van der Waals surface area contributed by atoms with E-state index in [0.29, 0.717) is 25.9 Å². The van der Waals surface area contributed by atoms with Crippen molar-refractivity contribution < 1.29 is 19.5 Å². The summed E-state index contributed by atoms with van der Waals surface area (Å²) in [7, 11) is 1.97. The first-order valence-corrected chi connectivity index (χ1v) is 14.5. The number of nitrogens with two attached hydrogens (primary N) is 1. The quantitative estimate of drug-likeness (QED) is 0.482. The Morgan fingerprint density at radius 1 is 1.21 bits per heavy atom. The number of β-amino-alcohol motifs (C(OH)–C–C–N with tert-alkyl or cyclic N) is 1. The first-order valence-electron chi connectivity index (χ1n) is 13.6. The first-order chi connectivity index (χ1) is 18.4. The summed E-state index contributed by atoms with van der Waals surface area (Å²) in [6, 6.07) is 7.05. The number of aryl methyl sites for hydroxylation is 1. The summed E-state index contributed by atoms with van der Waals surface area (Å²) < 4.78 is 0. The Bertz CT molecular complexity index is 1190. The van der Waals surface area contributed by atoms with Gasteiger partial charge in [-0.1, -0.05) is 45.0 Å². The van der Waals surface area contributed by atoms with Crippen LogP contribution < -0.4 is 11.1 Å². The van der Waals surface area contributed by atoms with Gasteiger partial charge in [0.1, 0.15) is 6.04 Å². The van der Waals surface area contributed by atoms with Gasteiger partial charge >= 0.3 is 0 Å². The molecule has 2 aliphatic heterocycles. The number of aliphatic hydroxyl groups excluding tert-OH is 1. The van der Waals surface area contributed by atoms with Gasteiger partial charge < -0.3 is 26.0 Å². The molecule has 5 atom stereocenters. The van der Waals surface area contributed by atoms with E-state index in [1.807, 2.05) is 64.5 Å². The summed E-state index contributed by atoms with van der Waals surface area (Å²) in [6.45, 7) is 9.12.